The summed E-state index contributed by atoms with van der Waals surface area (Å²) in [5.41, 5.74) is 5.82. The molecule has 0 unspecified atom stereocenters. The van der Waals surface area contributed by atoms with Crippen LogP contribution in [0.15, 0.2) is 9.52 Å². The van der Waals surface area contributed by atoms with Gasteiger partial charge in [0.25, 0.3) is 5.89 Å². The van der Waals surface area contributed by atoms with Crippen LogP contribution in [0.3, 0.4) is 0 Å². The first-order valence-electron chi connectivity index (χ1n) is 7.83. The molecule has 4 rings (SSSR count). The normalized spacial score (nSPS) is 29.8. The van der Waals surface area contributed by atoms with Gasteiger partial charge >= 0.3 is 0 Å². The fourth-order valence-electron chi connectivity index (χ4n) is 2.59. The van der Waals surface area contributed by atoms with Gasteiger partial charge in [-0.25, -0.2) is 0 Å². The van der Waals surface area contributed by atoms with E-state index >= 15 is 0 Å². The number of nitrogens with zero attached hydrogens (tertiary/aromatic N) is 3. The molecule has 0 amide bonds. The van der Waals surface area contributed by atoms with Crippen LogP contribution in [0.4, 0.5) is 0 Å². The highest BCUT2D eigenvalue weighted by molar-refractivity contribution is 5.78. The molecule has 7 heteroatoms. The molecule has 7 nitrogen and oxygen atoms in total. The summed E-state index contributed by atoms with van der Waals surface area (Å²) in [6.07, 6.45) is 6.60. The van der Waals surface area contributed by atoms with E-state index < -0.39 is 0 Å². The van der Waals surface area contributed by atoms with E-state index in [2.05, 4.69) is 20.4 Å². The van der Waals surface area contributed by atoms with Gasteiger partial charge in [0.1, 0.15) is 6.10 Å². The number of ether oxygens (including phenoxy) is 1. The smallest absolute Gasteiger partial charge is 0.255 e. The van der Waals surface area contributed by atoms with Crippen molar-refractivity contribution in [1.29, 1.82) is 0 Å². The minimum Gasteiger partial charge on any atom is -0.370 e. The first-order chi connectivity index (χ1) is 10.3. The summed E-state index contributed by atoms with van der Waals surface area (Å²) in [6, 6.07) is 0.533. The highest BCUT2D eigenvalue weighted by Gasteiger charge is 2.34. The van der Waals surface area contributed by atoms with Gasteiger partial charge in [-0.2, -0.15) is 4.98 Å². The zero-order valence-corrected chi connectivity index (χ0v) is 12.0. The van der Waals surface area contributed by atoms with Gasteiger partial charge in [-0.1, -0.05) is 5.16 Å². The van der Waals surface area contributed by atoms with Crippen molar-refractivity contribution < 1.29 is 9.26 Å². The first kappa shape index (κ1) is 13.1. The number of rotatable bonds is 5. The second-order valence-electron chi connectivity index (χ2n) is 6.23. The molecule has 1 aromatic heterocycles. The van der Waals surface area contributed by atoms with Gasteiger partial charge in [0.15, 0.2) is 11.8 Å². The third kappa shape index (κ3) is 3.18. The zero-order valence-electron chi connectivity index (χ0n) is 12.0. The zero-order chi connectivity index (χ0) is 14.2. The summed E-state index contributed by atoms with van der Waals surface area (Å²) < 4.78 is 11.3. The molecule has 1 aliphatic heterocycles. The summed E-state index contributed by atoms with van der Waals surface area (Å²) in [5.74, 6) is 2.50. The summed E-state index contributed by atoms with van der Waals surface area (Å²) in [7, 11) is 0. The Morgan fingerprint density at radius 1 is 1.24 bits per heavy atom. The molecule has 1 aromatic rings. The van der Waals surface area contributed by atoms with Crippen LogP contribution in [0.25, 0.3) is 0 Å². The molecular weight excluding hydrogens is 270 g/mol. The van der Waals surface area contributed by atoms with Crippen molar-refractivity contribution >= 4 is 5.96 Å². The van der Waals surface area contributed by atoms with Crippen molar-refractivity contribution in [2.75, 3.05) is 6.54 Å². The van der Waals surface area contributed by atoms with Crippen LogP contribution in [0.5, 0.6) is 0 Å². The number of nitrogens with two attached hydrogens (primary N) is 1. The van der Waals surface area contributed by atoms with E-state index in [4.69, 9.17) is 15.0 Å². The quantitative estimate of drug-likeness (QED) is 0.625. The topological polar surface area (TPSA) is 98.6 Å². The molecule has 0 radical (unpaired) electrons. The first-order valence-corrected chi connectivity index (χ1v) is 7.83. The van der Waals surface area contributed by atoms with Crippen LogP contribution in [-0.4, -0.2) is 34.8 Å². The molecule has 2 heterocycles. The number of hydrogen-bond acceptors (Lipinski definition) is 5. The van der Waals surface area contributed by atoms with Gasteiger partial charge in [-0.05, 0) is 38.5 Å². The number of aliphatic imine (C=N–C) groups is 1. The molecule has 2 aliphatic carbocycles. The fraction of sp³-hybridized carbons (Fsp3) is 0.786. The Morgan fingerprint density at radius 2 is 2.10 bits per heavy atom. The van der Waals surface area contributed by atoms with Crippen molar-refractivity contribution in [2.45, 2.75) is 62.7 Å². The molecule has 0 aromatic carbocycles. The molecule has 2 atom stereocenters. The second kappa shape index (κ2) is 5.29. The third-order valence-electron chi connectivity index (χ3n) is 4.18. The molecule has 1 saturated heterocycles. The molecule has 2 saturated carbocycles. The van der Waals surface area contributed by atoms with Crippen LogP contribution >= 0.6 is 0 Å². The summed E-state index contributed by atoms with van der Waals surface area (Å²) >= 11 is 0. The average Bonchev–Trinajstić information content (AvgIpc) is 3.39. The summed E-state index contributed by atoms with van der Waals surface area (Å²) in [5, 5.41) is 7.21. The van der Waals surface area contributed by atoms with E-state index in [1.165, 1.54) is 25.7 Å². The lowest BCUT2D eigenvalue weighted by atomic mass is 10.2. The highest BCUT2D eigenvalue weighted by Crippen LogP contribution is 2.39. The standard InChI is InChI=1S/C14H21N5O2/c15-14(17-9-3-4-9)16-7-10-5-6-11(20-10)13-18-12(19-21-13)8-1-2-8/h8-11H,1-7H2,(H3,15,16,17)/t10-,11+/m1/s1. The number of nitrogens with one attached hydrogen (secondary N) is 1. The Morgan fingerprint density at radius 3 is 2.86 bits per heavy atom. The fourth-order valence-corrected chi connectivity index (χ4v) is 2.59. The van der Waals surface area contributed by atoms with E-state index in [1.54, 1.807) is 0 Å². The van der Waals surface area contributed by atoms with Gasteiger partial charge in [0.05, 0.1) is 12.6 Å². The Balaban J connectivity index is 1.29. The second-order valence-corrected chi connectivity index (χ2v) is 6.23. The molecule has 3 aliphatic rings. The van der Waals surface area contributed by atoms with Crippen LogP contribution in [0, 0.1) is 0 Å². The molecular formula is C14H21N5O2. The largest absolute Gasteiger partial charge is 0.370 e. The van der Waals surface area contributed by atoms with Gasteiger partial charge < -0.3 is 20.3 Å². The maximum atomic E-state index is 5.95. The molecule has 3 fully saturated rings. The summed E-state index contributed by atoms with van der Waals surface area (Å²) in [6.45, 7) is 0.589. The third-order valence-corrected chi connectivity index (χ3v) is 4.18. The van der Waals surface area contributed by atoms with Crippen LogP contribution in [-0.2, 0) is 4.74 Å². The summed E-state index contributed by atoms with van der Waals surface area (Å²) in [4.78, 5) is 8.81. The SMILES string of the molecule is NC(=NC[C@H]1CC[C@@H](c2nc(C3CC3)no2)O1)NC1CC1. The predicted molar refractivity (Wildman–Crippen MR) is 75.8 cm³/mol. The molecule has 21 heavy (non-hydrogen) atoms. The van der Waals surface area contributed by atoms with Crippen molar-refractivity contribution in [3.05, 3.63) is 11.7 Å². The molecule has 0 spiro atoms. The minimum absolute atomic E-state index is 0.0807. The molecule has 3 N–H and O–H groups in total. The maximum Gasteiger partial charge on any atom is 0.255 e. The van der Waals surface area contributed by atoms with Crippen molar-refractivity contribution in [3.8, 4) is 0 Å². The Kier molecular flexibility index (Phi) is 3.29. The minimum atomic E-state index is -0.0807. The average molecular weight is 291 g/mol. The van der Waals surface area contributed by atoms with Gasteiger partial charge in [-0.15, -0.1) is 0 Å². The lowest BCUT2D eigenvalue weighted by Gasteiger charge is -2.09. The van der Waals surface area contributed by atoms with Gasteiger partial charge in [-0.3, -0.25) is 4.99 Å². The highest BCUT2D eigenvalue weighted by atomic mass is 16.5. The van der Waals surface area contributed by atoms with E-state index in [0.29, 0.717) is 30.4 Å². The van der Waals surface area contributed by atoms with Gasteiger partial charge in [0.2, 0.25) is 0 Å². The Hall–Kier alpha value is -1.63. The predicted octanol–water partition coefficient (Wildman–Crippen LogP) is 1.23. The molecule has 114 valence electrons. The number of hydrogen-bond donors (Lipinski definition) is 2. The number of aromatic nitrogens is 2. The van der Waals surface area contributed by atoms with Crippen molar-refractivity contribution in [3.63, 3.8) is 0 Å². The van der Waals surface area contributed by atoms with E-state index in [9.17, 15) is 0 Å². The molecule has 0 bridgehead atoms. The van der Waals surface area contributed by atoms with Gasteiger partial charge in [0, 0.05) is 12.0 Å². The van der Waals surface area contributed by atoms with Crippen LogP contribution in [0.1, 0.15) is 62.3 Å². The van der Waals surface area contributed by atoms with E-state index in [1.807, 2.05) is 0 Å². The van der Waals surface area contributed by atoms with Crippen molar-refractivity contribution in [1.82, 2.24) is 15.5 Å². The monoisotopic (exact) mass is 291 g/mol. The van der Waals surface area contributed by atoms with Crippen LogP contribution < -0.4 is 11.1 Å². The lowest BCUT2D eigenvalue weighted by molar-refractivity contribution is 0.0309. The van der Waals surface area contributed by atoms with Crippen LogP contribution in [0.2, 0.25) is 0 Å². The van der Waals surface area contributed by atoms with E-state index in [-0.39, 0.29) is 12.2 Å². The maximum absolute atomic E-state index is 5.95. The van der Waals surface area contributed by atoms with E-state index in [0.717, 1.165) is 18.7 Å². The Bertz CT molecular complexity index is 535. The lowest BCUT2D eigenvalue weighted by Crippen LogP contribution is -2.34. The Labute approximate surface area is 123 Å². The number of guanidine groups is 1. The van der Waals surface area contributed by atoms with Crippen molar-refractivity contribution in [2.24, 2.45) is 10.7 Å².